The summed E-state index contributed by atoms with van der Waals surface area (Å²) >= 11 is 0. The van der Waals surface area contributed by atoms with Gasteiger partial charge in [-0.05, 0) is 36.0 Å². The highest BCUT2D eigenvalue weighted by Gasteiger charge is 2.60. The molecule has 3 atom stereocenters. The predicted octanol–water partition coefficient (Wildman–Crippen LogP) is 2.83. The Morgan fingerprint density at radius 1 is 1.25 bits per heavy atom. The van der Waals surface area contributed by atoms with Crippen molar-refractivity contribution in [1.29, 1.82) is 0 Å². The van der Waals surface area contributed by atoms with Gasteiger partial charge >= 0.3 is 0 Å². The van der Waals surface area contributed by atoms with Crippen LogP contribution in [0.1, 0.15) is 47.5 Å². The molecule has 2 aliphatic rings. The van der Waals surface area contributed by atoms with Gasteiger partial charge in [-0.1, -0.05) is 28.2 Å². The first-order valence-corrected chi connectivity index (χ1v) is 4.66. The molecule has 0 aromatic rings. The van der Waals surface area contributed by atoms with Crippen molar-refractivity contribution in [3.05, 3.63) is 0 Å². The Labute approximate surface area is 76.2 Å². The fraction of sp³-hybridized carbons (Fsp3) is 1.00. The minimum absolute atomic E-state index is 0. The van der Waals surface area contributed by atoms with Crippen molar-refractivity contribution in [2.75, 3.05) is 0 Å². The molecule has 0 aliphatic heterocycles. The number of hydrogen-bond donors (Lipinski definition) is 1. The van der Waals surface area contributed by atoms with Gasteiger partial charge in [0.05, 0.1) is 6.10 Å². The van der Waals surface area contributed by atoms with Crippen LogP contribution >= 0.6 is 0 Å². The standard InChI is InChI=1S/C10H18O.CH4/c1-9(2)7-4-5-10(9,3)8(11)6-7;/h7-8,11H,4-6H2,1-3H3;1H4. The summed E-state index contributed by atoms with van der Waals surface area (Å²) in [5, 5.41) is 9.81. The number of aliphatic hydroxyl groups excluding tert-OH is 1. The van der Waals surface area contributed by atoms with E-state index < -0.39 is 0 Å². The van der Waals surface area contributed by atoms with Crippen LogP contribution in [0.4, 0.5) is 0 Å². The Morgan fingerprint density at radius 2 is 1.83 bits per heavy atom. The van der Waals surface area contributed by atoms with E-state index in [4.69, 9.17) is 0 Å². The zero-order valence-corrected chi connectivity index (χ0v) is 7.72. The zero-order chi connectivity index (χ0) is 8.28. The maximum atomic E-state index is 9.81. The van der Waals surface area contributed by atoms with E-state index in [2.05, 4.69) is 20.8 Å². The van der Waals surface area contributed by atoms with Crippen molar-refractivity contribution in [1.82, 2.24) is 0 Å². The Morgan fingerprint density at radius 3 is 2.00 bits per heavy atom. The summed E-state index contributed by atoms with van der Waals surface area (Å²) in [7, 11) is 0. The van der Waals surface area contributed by atoms with Crippen LogP contribution in [-0.2, 0) is 0 Å². The third kappa shape index (κ3) is 0.834. The Hall–Kier alpha value is -0.0400. The molecule has 0 aromatic heterocycles. The van der Waals surface area contributed by atoms with E-state index in [1.54, 1.807) is 0 Å². The lowest BCUT2D eigenvalue weighted by Gasteiger charge is -2.36. The van der Waals surface area contributed by atoms with Crippen molar-refractivity contribution in [3.63, 3.8) is 0 Å². The van der Waals surface area contributed by atoms with Crippen LogP contribution in [0, 0.1) is 16.7 Å². The lowest BCUT2D eigenvalue weighted by atomic mass is 9.70. The van der Waals surface area contributed by atoms with Crippen LogP contribution in [0.25, 0.3) is 0 Å². The van der Waals surface area contributed by atoms with E-state index in [9.17, 15) is 5.11 Å². The molecular formula is C11H22O. The summed E-state index contributed by atoms with van der Waals surface area (Å²) in [6, 6.07) is 0. The number of hydrogen-bond acceptors (Lipinski definition) is 1. The van der Waals surface area contributed by atoms with Crippen molar-refractivity contribution in [2.24, 2.45) is 16.7 Å². The first-order chi connectivity index (χ1) is 4.98. The molecule has 1 nitrogen and oxygen atoms in total. The topological polar surface area (TPSA) is 20.2 Å². The fourth-order valence-corrected chi connectivity index (χ4v) is 3.16. The van der Waals surface area contributed by atoms with Gasteiger partial charge in [0.2, 0.25) is 0 Å². The molecule has 72 valence electrons. The van der Waals surface area contributed by atoms with Crippen LogP contribution in [0.5, 0.6) is 0 Å². The molecule has 0 saturated heterocycles. The summed E-state index contributed by atoms with van der Waals surface area (Å²) in [5.41, 5.74) is 0.601. The normalized spacial score (nSPS) is 49.0. The maximum absolute atomic E-state index is 9.81. The average Bonchev–Trinajstić information content (AvgIpc) is 2.20. The van der Waals surface area contributed by atoms with Gasteiger partial charge in [-0.15, -0.1) is 0 Å². The SMILES string of the molecule is C.CC1(C)C2CCC1(C)C(O)C2. The van der Waals surface area contributed by atoms with E-state index in [-0.39, 0.29) is 18.9 Å². The molecule has 2 fully saturated rings. The fourth-order valence-electron chi connectivity index (χ4n) is 3.16. The first kappa shape index (κ1) is 10.0. The van der Waals surface area contributed by atoms with Gasteiger partial charge < -0.3 is 5.11 Å². The van der Waals surface area contributed by atoms with Crippen molar-refractivity contribution >= 4 is 0 Å². The lowest BCUT2D eigenvalue weighted by Crippen LogP contribution is -2.35. The van der Waals surface area contributed by atoms with Gasteiger partial charge in [0.25, 0.3) is 0 Å². The van der Waals surface area contributed by atoms with Gasteiger partial charge in [0, 0.05) is 0 Å². The first-order valence-electron chi connectivity index (χ1n) is 4.66. The van der Waals surface area contributed by atoms with E-state index >= 15 is 0 Å². The quantitative estimate of drug-likeness (QED) is 0.592. The minimum Gasteiger partial charge on any atom is -0.393 e. The molecule has 1 N–H and O–H groups in total. The smallest absolute Gasteiger partial charge is 0.0601 e. The number of fused-ring (bicyclic) bond motifs is 2. The Bertz CT molecular complexity index is 185. The third-order valence-electron chi connectivity index (χ3n) is 4.75. The van der Waals surface area contributed by atoms with Gasteiger partial charge in [0.1, 0.15) is 0 Å². The average molecular weight is 170 g/mol. The molecule has 2 bridgehead atoms. The molecular weight excluding hydrogens is 148 g/mol. The second-order valence-electron chi connectivity index (χ2n) is 5.13. The number of rotatable bonds is 0. The van der Waals surface area contributed by atoms with Gasteiger partial charge in [0.15, 0.2) is 0 Å². The van der Waals surface area contributed by atoms with Gasteiger partial charge in [-0.25, -0.2) is 0 Å². The van der Waals surface area contributed by atoms with Crippen LogP contribution in [0.2, 0.25) is 0 Å². The molecule has 2 aliphatic carbocycles. The maximum Gasteiger partial charge on any atom is 0.0601 e. The molecule has 0 amide bonds. The second kappa shape index (κ2) is 2.47. The molecule has 12 heavy (non-hydrogen) atoms. The summed E-state index contributed by atoms with van der Waals surface area (Å²) < 4.78 is 0. The van der Waals surface area contributed by atoms with Crippen LogP contribution in [0.15, 0.2) is 0 Å². The highest BCUT2D eigenvalue weighted by atomic mass is 16.3. The van der Waals surface area contributed by atoms with E-state index in [1.165, 1.54) is 12.8 Å². The predicted molar refractivity (Wildman–Crippen MR) is 52.0 cm³/mol. The molecule has 0 radical (unpaired) electrons. The molecule has 0 aromatic carbocycles. The molecule has 2 saturated carbocycles. The highest BCUT2D eigenvalue weighted by molar-refractivity contribution is 5.10. The van der Waals surface area contributed by atoms with Crippen LogP contribution < -0.4 is 0 Å². The minimum atomic E-state index is -0.0313. The van der Waals surface area contributed by atoms with E-state index in [1.807, 2.05) is 0 Å². The van der Waals surface area contributed by atoms with Crippen molar-refractivity contribution in [2.45, 2.75) is 53.6 Å². The summed E-state index contributed by atoms with van der Waals surface area (Å²) in [6.07, 6.45) is 3.58. The summed E-state index contributed by atoms with van der Waals surface area (Å²) in [5.74, 6) is 0.780. The molecule has 0 spiro atoms. The molecule has 0 heterocycles. The van der Waals surface area contributed by atoms with Gasteiger partial charge in [-0.2, -0.15) is 0 Å². The third-order valence-corrected chi connectivity index (χ3v) is 4.75. The van der Waals surface area contributed by atoms with Gasteiger partial charge in [-0.3, -0.25) is 0 Å². The Balaban J connectivity index is 0.000000720. The summed E-state index contributed by atoms with van der Waals surface area (Å²) in [6.45, 7) is 6.90. The van der Waals surface area contributed by atoms with E-state index in [0.29, 0.717) is 5.41 Å². The summed E-state index contributed by atoms with van der Waals surface area (Å²) in [4.78, 5) is 0. The largest absolute Gasteiger partial charge is 0.393 e. The molecule has 2 rings (SSSR count). The second-order valence-corrected chi connectivity index (χ2v) is 5.13. The van der Waals surface area contributed by atoms with Crippen LogP contribution in [-0.4, -0.2) is 11.2 Å². The van der Waals surface area contributed by atoms with Crippen molar-refractivity contribution < 1.29 is 5.11 Å². The van der Waals surface area contributed by atoms with Crippen molar-refractivity contribution in [3.8, 4) is 0 Å². The molecule has 1 heteroatoms. The van der Waals surface area contributed by atoms with E-state index in [0.717, 1.165) is 12.3 Å². The monoisotopic (exact) mass is 170 g/mol. The van der Waals surface area contributed by atoms with Crippen LogP contribution in [0.3, 0.4) is 0 Å². The molecule has 3 unspecified atom stereocenters. The zero-order valence-electron chi connectivity index (χ0n) is 7.72. The Kier molecular flexibility index (Phi) is 2.07. The lowest BCUT2D eigenvalue weighted by molar-refractivity contribution is 0.0126. The number of aliphatic hydroxyl groups is 1. The highest BCUT2D eigenvalue weighted by Crippen LogP contribution is 2.65.